The van der Waals surface area contributed by atoms with Crippen LogP contribution in [0, 0.1) is 10.1 Å². The predicted octanol–water partition coefficient (Wildman–Crippen LogP) is 2.80. The zero-order valence-corrected chi connectivity index (χ0v) is 13.2. The molecule has 24 heavy (non-hydrogen) atoms. The van der Waals surface area contributed by atoms with Crippen molar-refractivity contribution in [2.24, 2.45) is 0 Å². The Bertz CT molecular complexity index is 699. The molecule has 1 aliphatic rings. The van der Waals surface area contributed by atoms with E-state index in [1.807, 2.05) is 0 Å². The van der Waals surface area contributed by atoms with Crippen LogP contribution < -0.4 is 0 Å². The van der Waals surface area contributed by atoms with Crippen molar-refractivity contribution < 1.29 is 28.4 Å². The van der Waals surface area contributed by atoms with Crippen LogP contribution in [0.5, 0.6) is 0 Å². The summed E-state index contributed by atoms with van der Waals surface area (Å²) in [7, 11) is 0. The maximum absolute atomic E-state index is 14.8. The van der Waals surface area contributed by atoms with E-state index >= 15 is 0 Å². The molecule has 8 heteroatoms. The van der Waals surface area contributed by atoms with Crippen LogP contribution in [0.25, 0.3) is 0 Å². The van der Waals surface area contributed by atoms with Gasteiger partial charge in [-0.1, -0.05) is 12.1 Å². The molecule has 7 nitrogen and oxygen atoms in total. The molecule has 1 heterocycles. The van der Waals surface area contributed by atoms with E-state index in [9.17, 15) is 24.1 Å². The van der Waals surface area contributed by atoms with Crippen molar-refractivity contribution in [3.8, 4) is 0 Å². The van der Waals surface area contributed by atoms with Gasteiger partial charge in [-0.3, -0.25) is 14.9 Å². The van der Waals surface area contributed by atoms with Crippen molar-refractivity contribution in [2.75, 3.05) is 6.61 Å². The van der Waals surface area contributed by atoms with Gasteiger partial charge >= 0.3 is 11.8 Å². The van der Waals surface area contributed by atoms with Crippen molar-refractivity contribution in [3.63, 3.8) is 0 Å². The third-order valence-corrected chi connectivity index (χ3v) is 3.64. The second-order valence-electron chi connectivity index (χ2n) is 5.30. The first-order valence-corrected chi connectivity index (χ1v) is 7.29. The van der Waals surface area contributed by atoms with Crippen LogP contribution >= 0.6 is 0 Å². The number of ketones is 1. The summed E-state index contributed by atoms with van der Waals surface area (Å²) in [4.78, 5) is 33.6. The molecule has 0 saturated carbocycles. The minimum atomic E-state index is -2.65. The van der Waals surface area contributed by atoms with Gasteiger partial charge < -0.3 is 9.47 Å². The van der Waals surface area contributed by atoms with Crippen LogP contribution in [0.4, 0.5) is 10.1 Å². The minimum absolute atomic E-state index is 0.0705. The highest BCUT2D eigenvalue weighted by molar-refractivity contribution is 5.89. The molecule has 0 aromatic heterocycles. The Balaban J connectivity index is 2.38. The molecule has 1 aliphatic heterocycles. The monoisotopic (exact) mass is 337 g/mol. The van der Waals surface area contributed by atoms with Gasteiger partial charge in [0.05, 0.1) is 11.5 Å². The first-order chi connectivity index (χ1) is 11.3. The molecule has 0 saturated heterocycles. The van der Waals surface area contributed by atoms with E-state index in [2.05, 4.69) is 0 Å². The Kier molecular flexibility index (Phi) is 4.96. The largest absolute Gasteiger partial charge is 0.460 e. The molecular weight excluding hydrogens is 321 g/mol. The van der Waals surface area contributed by atoms with Gasteiger partial charge in [0.15, 0.2) is 0 Å². The number of halogens is 1. The maximum atomic E-state index is 14.8. The highest BCUT2D eigenvalue weighted by Crippen LogP contribution is 2.39. The lowest BCUT2D eigenvalue weighted by Gasteiger charge is -2.32. The summed E-state index contributed by atoms with van der Waals surface area (Å²) in [6.07, 6.45) is 1.03. The SMILES string of the molecule is CCOC(=O)C1=CC(c2ccc([N+](=O)[O-])cc2)CC(F)(C(C)=O)O1. The number of Topliss-reactive ketones (excluding diaryl/α,β-unsaturated/α-hetero) is 1. The summed E-state index contributed by atoms with van der Waals surface area (Å²) < 4.78 is 24.5. The number of allylic oxidation sites excluding steroid dienone is 1. The van der Waals surface area contributed by atoms with Gasteiger partial charge in [-0.05, 0) is 18.6 Å². The molecule has 1 aromatic carbocycles. The van der Waals surface area contributed by atoms with Gasteiger partial charge in [-0.25, -0.2) is 4.79 Å². The number of ether oxygens (including phenoxy) is 2. The van der Waals surface area contributed by atoms with Crippen LogP contribution in [-0.4, -0.2) is 29.1 Å². The molecule has 0 spiro atoms. The topological polar surface area (TPSA) is 95.7 Å². The van der Waals surface area contributed by atoms with E-state index in [4.69, 9.17) is 9.47 Å². The molecule has 0 bridgehead atoms. The Morgan fingerprint density at radius 1 is 1.42 bits per heavy atom. The van der Waals surface area contributed by atoms with Gasteiger partial charge in [0.2, 0.25) is 11.5 Å². The molecule has 128 valence electrons. The lowest BCUT2D eigenvalue weighted by atomic mass is 9.88. The van der Waals surface area contributed by atoms with Crippen LogP contribution in [0.1, 0.15) is 31.7 Å². The Labute approximate surface area is 137 Å². The van der Waals surface area contributed by atoms with E-state index in [1.165, 1.54) is 30.3 Å². The van der Waals surface area contributed by atoms with E-state index in [1.54, 1.807) is 6.92 Å². The number of rotatable bonds is 5. The molecule has 0 fully saturated rings. The van der Waals surface area contributed by atoms with Crippen LogP contribution in [0.3, 0.4) is 0 Å². The normalized spacial score (nSPS) is 23.0. The molecule has 1 aromatic rings. The molecule has 0 radical (unpaired) electrons. The number of esters is 1. The number of benzene rings is 1. The fraction of sp³-hybridized carbons (Fsp3) is 0.375. The Morgan fingerprint density at radius 3 is 2.54 bits per heavy atom. The quantitative estimate of drug-likeness (QED) is 0.466. The average Bonchev–Trinajstić information content (AvgIpc) is 2.54. The summed E-state index contributed by atoms with van der Waals surface area (Å²) in [6, 6.07) is 5.45. The summed E-state index contributed by atoms with van der Waals surface area (Å²) in [5, 5.41) is 10.7. The smallest absolute Gasteiger partial charge is 0.373 e. The number of alkyl halides is 1. The van der Waals surface area contributed by atoms with Crippen LogP contribution in [-0.2, 0) is 19.1 Å². The average molecular weight is 337 g/mol. The maximum Gasteiger partial charge on any atom is 0.373 e. The number of nitro groups is 1. The zero-order valence-electron chi connectivity index (χ0n) is 13.2. The zero-order chi connectivity index (χ0) is 17.9. The number of nitro benzene ring substituents is 1. The van der Waals surface area contributed by atoms with E-state index < -0.39 is 28.4 Å². The molecule has 2 rings (SSSR count). The molecule has 0 aliphatic carbocycles. The van der Waals surface area contributed by atoms with E-state index in [0.717, 1.165) is 6.92 Å². The standard InChI is InChI=1S/C16H16FNO6/c1-3-23-15(20)14-8-12(9-16(17,24-14)10(2)19)11-4-6-13(7-5-11)18(21)22/h4-8,12H,3,9H2,1-2H3. The van der Waals surface area contributed by atoms with Gasteiger partial charge in [0, 0.05) is 31.4 Å². The molecule has 2 atom stereocenters. The molecular formula is C16H16FNO6. The second kappa shape index (κ2) is 6.77. The molecule has 2 unspecified atom stereocenters. The summed E-state index contributed by atoms with van der Waals surface area (Å²) in [5.74, 6) is -5.43. The van der Waals surface area contributed by atoms with E-state index in [-0.39, 0.29) is 24.5 Å². The molecule has 0 N–H and O–H groups in total. The number of carbonyl (C=O) groups excluding carboxylic acids is 2. The highest BCUT2D eigenvalue weighted by Gasteiger charge is 2.45. The van der Waals surface area contributed by atoms with E-state index in [0.29, 0.717) is 5.56 Å². The fourth-order valence-electron chi connectivity index (χ4n) is 2.36. The summed E-state index contributed by atoms with van der Waals surface area (Å²) in [6.45, 7) is 2.69. The van der Waals surface area contributed by atoms with Crippen molar-refractivity contribution in [3.05, 3.63) is 51.8 Å². The highest BCUT2D eigenvalue weighted by atomic mass is 19.2. The number of nitrogens with zero attached hydrogens (tertiary/aromatic N) is 1. The number of non-ortho nitro benzene ring substituents is 1. The van der Waals surface area contributed by atoms with Crippen LogP contribution in [0.15, 0.2) is 36.1 Å². The number of carbonyl (C=O) groups is 2. The predicted molar refractivity (Wildman–Crippen MR) is 80.8 cm³/mol. The Hall–Kier alpha value is -2.77. The molecule has 0 amide bonds. The summed E-state index contributed by atoms with van der Waals surface area (Å²) in [5.41, 5.74) is 0.410. The van der Waals surface area contributed by atoms with Gasteiger partial charge in [0.25, 0.3) is 5.69 Å². The minimum Gasteiger partial charge on any atom is -0.460 e. The van der Waals surface area contributed by atoms with Gasteiger partial charge in [-0.15, -0.1) is 0 Å². The fourth-order valence-corrected chi connectivity index (χ4v) is 2.36. The van der Waals surface area contributed by atoms with Crippen molar-refractivity contribution >= 4 is 17.4 Å². The first-order valence-electron chi connectivity index (χ1n) is 7.29. The lowest BCUT2D eigenvalue weighted by Crippen LogP contribution is -2.40. The summed E-state index contributed by atoms with van der Waals surface area (Å²) >= 11 is 0. The van der Waals surface area contributed by atoms with Gasteiger partial charge in [-0.2, -0.15) is 4.39 Å². The van der Waals surface area contributed by atoms with Gasteiger partial charge in [0.1, 0.15) is 0 Å². The second-order valence-corrected chi connectivity index (χ2v) is 5.30. The van der Waals surface area contributed by atoms with Crippen molar-refractivity contribution in [1.29, 1.82) is 0 Å². The van der Waals surface area contributed by atoms with Crippen molar-refractivity contribution in [2.45, 2.75) is 32.0 Å². The number of hydrogen-bond donors (Lipinski definition) is 0. The number of hydrogen-bond acceptors (Lipinski definition) is 6. The van der Waals surface area contributed by atoms with Crippen molar-refractivity contribution in [1.82, 2.24) is 0 Å². The third kappa shape index (κ3) is 3.58. The third-order valence-electron chi connectivity index (χ3n) is 3.64. The first kappa shape index (κ1) is 17.6. The lowest BCUT2D eigenvalue weighted by molar-refractivity contribution is -0.384. The Morgan fingerprint density at radius 2 is 2.04 bits per heavy atom. The van der Waals surface area contributed by atoms with Crippen LogP contribution in [0.2, 0.25) is 0 Å².